The van der Waals surface area contributed by atoms with Gasteiger partial charge in [-0.15, -0.1) is 5.10 Å². The van der Waals surface area contributed by atoms with E-state index in [1.165, 1.54) is 0 Å². The molecule has 0 bridgehead atoms. The second kappa shape index (κ2) is 5.46. The highest BCUT2D eigenvalue weighted by atomic mass is 15.5. The van der Waals surface area contributed by atoms with Crippen LogP contribution in [0.3, 0.4) is 0 Å². The lowest BCUT2D eigenvalue weighted by Crippen LogP contribution is -2.00. The van der Waals surface area contributed by atoms with Crippen LogP contribution in [0.15, 0.2) is 42.9 Å². The van der Waals surface area contributed by atoms with E-state index in [0.717, 1.165) is 16.9 Å². The number of nitrogens with one attached hydrogen (secondary N) is 1. The minimum Gasteiger partial charge on any atom is -0.381 e. The average molecular weight is 279 g/mol. The first-order chi connectivity index (χ1) is 10.3. The molecule has 0 saturated heterocycles. The molecule has 0 atom stereocenters. The SMILES string of the molecule is Cn1cc(CNc2cccc(-n3cnnn3)c2)cc1C#N. The molecule has 0 aliphatic heterocycles. The number of anilines is 1. The van der Waals surface area contributed by atoms with Gasteiger partial charge in [0.1, 0.15) is 18.1 Å². The molecule has 2 heterocycles. The van der Waals surface area contributed by atoms with E-state index in [1.807, 2.05) is 48.1 Å². The van der Waals surface area contributed by atoms with Gasteiger partial charge < -0.3 is 9.88 Å². The molecule has 0 aliphatic carbocycles. The summed E-state index contributed by atoms with van der Waals surface area (Å²) >= 11 is 0. The van der Waals surface area contributed by atoms with Crippen molar-refractivity contribution in [1.82, 2.24) is 24.8 Å². The second-order valence-corrected chi connectivity index (χ2v) is 4.61. The van der Waals surface area contributed by atoms with Crippen LogP contribution in [0, 0.1) is 11.3 Å². The third kappa shape index (κ3) is 2.74. The van der Waals surface area contributed by atoms with E-state index in [1.54, 1.807) is 11.0 Å². The predicted octanol–water partition coefficient (Wildman–Crippen LogP) is 1.48. The molecule has 0 saturated carbocycles. The number of tetrazole rings is 1. The maximum atomic E-state index is 8.95. The van der Waals surface area contributed by atoms with Crippen molar-refractivity contribution < 1.29 is 0 Å². The van der Waals surface area contributed by atoms with Crippen molar-refractivity contribution in [3.05, 3.63) is 54.1 Å². The maximum absolute atomic E-state index is 8.95. The number of aromatic nitrogens is 5. The van der Waals surface area contributed by atoms with Crippen molar-refractivity contribution >= 4 is 5.69 Å². The fourth-order valence-corrected chi connectivity index (χ4v) is 2.08. The van der Waals surface area contributed by atoms with Gasteiger partial charge in [0.15, 0.2) is 0 Å². The van der Waals surface area contributed by atoms with Crippen molar-refractivity contribution in [2.75, 3.05) is 5.32 Å². The molecule has 1 aromatic carbocycles. The van der Waals surface area contributed by atoms with E-state index in [4.69, 9.17) is 5.26 Å². The molecule has 0 spiro atoms. The van der Waals surface area contributed by atoms with Gasteiger partial charge in [0, 0.05) is 25.5 Å². The van der Waals surface area contributed by atoms with Crippen LogP contribution < -0.4 is 5.32 Å². The van der Waals surface area contributed by atoms with Crippen LogP contribution in [-0.2, 0) is 13.6 Å². The van der Waals surface area contributed by atoms with Crippen molar-refractivity contribution in [3.63, 3.8) is 0 Å². The van der Waals surface area contributed by atoms with Crippen LogP contribution in [0.1, 0.15) is 11.3 Å². The number of rotatable bonds is 4. The Bertz CT molecular complexity index is 780. The smallest absolute Gasteiger partial charge is 0.143 e. The standard InChI is InChI=1S/C14H13N7/c1-20-9-11(5-14(20)7-15)8-16-12-3-2-4-13(6-12)21-10-17-18-19-21/h2-6,9-10,16H,8H2,1H3. The third-order valence-corrected chi connectivity index (χ3v) is 3.13. The zero-order valence-electron chi connectivity index (χ0n) is 11.4. The Labute approximate surface area is 121 Å². The van der Waals surface area contributed by atoms with Crippen LogP contribution in [0.25, 0.3) is 5.69 Å². The first-order valence-corrected chi connectivity index (χ1v) is 6.39. The molecule has 0 amide bonds. The van der Waals surface area contributed by atoms with Crippen LogP contribution in [0.2, 0.25) is 0 Å². The average Bonchev–Trinajstić information content (AvgIpc) is 3.15. The Morgan fingerprint density at radius 1 is 1.33 bits per heavy atom. The Morgan fingerprint density at radius 2 is 2.24 bits per heavy atom. The van der Waals surface area contributed by atoms with Crippen molar-refractivity contribution in [2.24, 2.45) is 7.05 Å². The van der Waals surface area contributed by atoms with Gasteiger partial charge in [-0.3, -0.25) is 0 Å². The maximum Gasteiger partial charge on any atom is 0.143 e. The van der Waals surface area contributed by atoms with E-state index in [9.17, 15) is 0 Å². The van der Waals surface area contributed by atoms with Gasteiger partial charge in [0.25, 0.3) is 0 Å². The van der Waals surface area contributed by atoms with E-state index in [-0.39, 0.29) is 0 Å². The first kappa shape index (κ1) is 12.9. The zero-order valence-corrected chi connectivity index (χ0v) is 11.4. The molecule has 7 nitrogen and oxygen atoms in total. The molecule has 3 rings (SSSR count). The van der Waals surface area contributed by atoms with Gasteiger partial charge in [-0.2, -0.15) is 5.26 Å². The number of benzene rings is 1. The highest BCUT2D eigenvalue weighted by Gasteiger charge is 2.03. The molecule has 21 heavy (non-hydrogen) atoms. The Kier molecular flexibility index (Phi) is 3.35. The molecule has 1 N–H and O–H groups in total. The minimum absolute atomic E-state index is 0.647. The number of nitriles is 1. The largest absolute Gasteiger partial charge is 0.381 e. The molecule has 0 aliphatic rings. The van der Waals surface area contributed by atoms with Crippen LogP contribution >= 0.6 is 0 Å². The molecule has 0 fully saturated rings. The fourth-order valence-electron chi connectivity index (χ4n) is 2.08. The molecule has 0 radical (unpaired) electrons. The topological polar surface area (TPSA) is 84.3 Å². The number of aryl methyl sites for hydroxylation is 1. The van der Waals surface area contributed by atoms with Crippen LogP contribution in [0.4, 0.5) is 5.69 Å². The minimum atomic E-state index is 0.647. The quantitative estimate of drug-likeness (QED) is 0.782. The highest BCUT2D eigenvalue weighted by Crippen LogP contribution is 2.15. The van der Waals surface area contributed by atoms with Gasteiger partial charge in [0.2, 0.25) is 0 Å². The lowest BCUT2D eigenvalue weighted by atomic mass is 10.2. The third-order valence-electron chi connectivity index (χ3n) is 3.13. The lowest BCUT2D eigenvalue weighted by molar-refractivity contribution is 0.789. The molecule has 7 heteroatoms. The molecular weight excluding hydrogens is 266 g/mol. The summed E-state index contributed by atoms with van der Waals surface area (Å²) in [6.45, 7) is 0.647. The summed E-state index contributed by atoms with van der Waals surface area (Å²) in [5.41, 5.74) is 3.55. The van der Waals surface area contributed by atoms with Crippen LogP contribution in [0.5, 0.6) is 0 Å². The predicted molar refractivity (Wildman–Crippen MR) is 76.6 cm³/mol. The number of nitrogens with zero attached hydrogens (tertiary/aromatic N) is 6. The zero-order chi connectivity index (χ0) is 14.7. The Hall–Kier alpha value is -3.14. The summed E-state index contributed by atoms with van der Waals surface area (Å²) in [7, 11) is 1.86. The summed E-state index contributed by atoms with van der Waals surface area (Å²) in [5, 5.41) is 23.4. The Morgan fingerprint density at radius 3 is 2.95 bits per heavy atom. The lowest BCUT2D eigenvalue weighted by Gasteiger charge is -2.07. The second-order valence-electron chi connectivity index (χ2n) is 4.61. The molecule has 2 aromatic heterocycles. The number of hydrogen-bond donors (Lipinski definition) is 1. The summed E-state index contributed by atoms with van der Waals surface area (Å²) < 4.78 is 3.41. The summed E-state index contributed by atoms with van der Waals surface area (Å²) in [4.78, 5) is 0. The van der Waals surface area contributed by atoms with Gasteiger partial charge in [-0.1, -0.05) is 6.07 Å². The molecule has 104 valence electrons. The van der Waals surface area contributed by atoms with E-state index in [0.29, 0.717) is 12.2 Å². The summed E-state index contributed by atoms with van der Waals surface area (Å²) in [5.74, 6) is 0. The van der Waals surface area contributed by atoms with E-state index < -0.39 is 0 Å². The monoisotopic (exact) mass is 279 g/mol. The highest BCUT2D eigenvalue weighted by molar-refractivity contribution is 5.51. The van der Waals surface area contributed by atoms with Crippen molar-refractivity contribution in [2.45, 2.75) is 6.54 Å². The van der Waals surface area contributed by atoms with Gasteiger partial charge in [0.05, 0.1) is 5.69 Å². The van der Waals surface area contributed by atoms with Gasteiger partial charge in [-0.05, 0) is 40.3 Å². The molecule has 0 unspecified atom stereocenters. The van der Waals surface area contributed by atoms with E-state index >= 15 is 0 Å². The molecular formula is C14H13N7. The molecule has 3 aromatic rings. The van der Waals surface area contributed by atoms with Crippen molar-refractivity contribution in [3.8, 4) is 11.8 Å². The van der Waals surface area contributed by atoms with Crippen molar-refractivity contribution in [1.29, 1.82) is 5.26 Å². The first-order valence-electron chi connectivity index (χ1n) is 6.39. The van der Waals surface area contributed by atoms with Gasteiger partial charge >= 0.3 is 0 Å². The number of hydrogen-bond acceptors (Lipinski definition) is 5. The Balaban J connectivity index is 1.73. The summed E-state index contributed by atoms with van der Waals surface area (Å²) in [6, 6.07) is 11.8. The van der Waals surface area contributed by atoms with E-state index in [2.05, 4.69) is 26.9 Å². The fraction of sp³-hybridized carbons (Fsp3) is 0.143. The summed E-state index contributed by atoms with van der Waals surface area (Å²) in [6.07, 6.45) is 3.49. The normalized spacial score (nSPS) is 10.3. The van der Waals surface area contributed by atoms with Gasteiger partial charge in [-0.25, -0.2) is 4.68 Å². The van der Waals surface area contributed by atoms with Crippen LogP contribution in [-0.4, -0.2) is 24.8 Å².